The molecular weight excluding hydrogens is 371 g/mol. The van der Waals surface area contributed by atoms with E-state index in [1.165, 1.54) is 41.5 Å². The second-order valence-corrected chi connectivity index (χ2v) is 8.49. The first kappa shape index (κ1) is 22.9. The van der Waals surface area contributed by atoms with Crippen molar-refractivity contribution < 1.29 is 41.4 Å². The summed E-state index contributed by atoms with van der Waals surface area (Å²) < 4.78 is 63.4. The summed E-state index contributed by atoms with van der Waals surface area (Å²) >= 11 is 0. The first-order valence-corrected chi connectivity index (χ1v) is 8.15. The third kappa shape index (κ3) is 5.47. The Morgan fingerprint density at radius 2 is 1.12 bits per heavy atom. The maximum atomic E-state index is 12.7. The van der Waals surface area contributed by atoms with Gasteiger partial charge < -0.3 is 10.2 Å². The quantitative estimate of drug-likeness (QED) is 0.523. The van der Waals surface area contributed by atoms with Gasteiger partial charge in [-0.2, -0.15) is 21.6 Å². The van der Waals surface area contributed by atoms with Crippen LogP contribution in [-0.4, -0.2) is 63.2 Å². The minimum Gasteiger partial charge on any atom is -0.465 e. The van der Waals surface area contributed by atoms with Crippen LogP contribution in [0.1, 0.15) is 41.5 Å². The van der Waals surface area contributed by atoms with E-state index in [1.54, 1.807) is 0 Å². The van der Waals surface area contributed by atoms with Gasteiger partial charge in [-0.25, -0.2) is 19.4 Å². The Balaban J connectivity index is 6.95. The van der Waals surface area contributed by atoms with E-state index in [4.69, 9.17) is 0 Å². The molecule has 13 heteroatoms. The predicted octanol–water partition coefficient (Wildman–Crippen LogP) is 2.75. The predicted molar refractivity (Wildman–Crippen MR) is 81.6 cm³/mol. The highest BCUT2D eigenvalue weighted by Crippen LogP contribution is 2.28. The lowest BCUT2D eigenvalue weighted by Crippen LogP contribution is -2.61. The molecule has 9 nitrogen and oxygen atoms in total. The number of carboxylic acid groups (broad SMARTS) is 2. The van der Waals surface area contributed by atoms with E-state index >= 15 is 0 Å². The Morgan fingerprint density at radius 3 is 1.28 bits per heavy atom. The molecule has 0 unspecified atom stereocenters. The molecule has 0 atom stereocenters. The molecule has 0 aliphatic rings. The van der Waals surface area contributed by atoms with Crippen molar-refractivity contribution in [1.82, 2.24) is 9.80 Å². The Kier molecular flexibility index (Phi) is 6.14. The fraction of sp³-hybridized carbons (Fsp3) is 0.750. The summed E-state index contributed by atoms with van der Waals surface area (Å²) in [4.78, 5) is 23.4. The molecule has 0 aromatic carbocycles. The summed E-state index contributed by atoms with van der Waals surface area (Å²) in [6, 6.07) is 0. The van der Waals surface area contributed by atoms with Crippen LogP contribution in [0.3, 0.4) is 0 Å². The first-order valence-electron chi connectivity index (χ1n) is 6.71. The minimum absolute atomic E-state index is 0.148. The fourth-order valence-electron chi connectivity index (χ4n) is 1.69. The van der Waals surface area contributed by atoms with Crippen LogP contribution < -0.4 is 0 Å². The highest BCUT2D eigenvalue weighted by Gasteiger charge is 2.49. The molecule has 2 N–H and O–H groups in total. The van der Waals surface area contributed by atoms with Crippen LogP contribution >= 0.6 is 0 Å². The van der Waals surface area contributed by atoms with Crippen LogP contribution in [0.4, 0.5) is 22.8 Å². The van der Waals surface area contributed by atoms with Crippen LogP contribution in [0.2, 0.25) is 0 Å². The zero-order chi connectivity index (χ0) is 20.6. The molecule has 0 aliphatic heterocycles. The van der Waals surface area contributed by atoms with E-state index in [1.807, 2.05) is 0 Å². The average Bonchev–Trinajstić information content (AvgIpc) is 2.20. The maximum absolute atomic E-state index is 12.7. The topological polar surface area (TPSA) is 128 Å². The number of guanidine groups is 1. The molecule has 0 aromatic heterocycles. The molecule has 0 saturated carbocycles. The average molecular weight is 391 g/mol. The lowest BCUT2D eigenvalue weighted by Gasteiger charge is -2.41. The van der Waals surface area contributed by atoms with Crippen molar-refractivity contribution >= 4 is 28.2 Å². The van der Waals surface area contributed by atoms with Gasteiger partial charge >= 0.3 is 27.7 Å². The summed E-state index contributed by atoms with van der Waals surface area (Å²) in [7, 11) is -6.20. The molecule has 0 saturated heterocycles. The monoisotopic (exact) mass is 391 g/mol. The summed E-state index contributed by atoms with van der Waals surface area (Å²) in [5.41, 5.74) is -8.82. The van der Waals surface area contributed by atoms with E-state index in [-0.39, 0.29) is 9.80 Å². The zero-order valence-electron chi connectivity index (χ0n) is 14.4. The van der Waals surface area contributed by atoms with Crippen molar-refractivity contribution in [3.63, 3.8) is 0 Å². The molecule has 0 fully saturated rings. The summed E-state index contributed by atoms with van der Waals surface area (Å²) in [6.07, 6.45) is -3.75. The fourth-order valence-corrected chi connectivity index (χ4v) is 2.17. The van der Waals surface area contributed by atoms with Crippen molar-refractivity contribution in [3.8, 4) is 0 Å². The lowest BCUT2D eigenvalue weighted by molar-refractivity contribution is -0.0436. The van der Waals surface area contributed by atoms with Crippen LogP contribution in [0, 0.1) is 0 Å². The molecule has 0 heterocycles. The van der Waals surface area contributed by atoms with Gasteiger partial charge in [0.25, 0.3) is 0 Å². The molecule has 0 spiro atoms. The molecule has 0 bridgehead atoms. The number of hydrogen-bond donors (Lipinski definition) is 2. The normalized spacial score (nSPS) is 13.2. The molecule has 0 aliphatic carbocycles. The van der Waals surface area contributed by atoms with Crippen LogP contribution in [0.5, 0.6) is 0 Å². The van der Waals surface area contributed by atoms with Crippen molar-refractivity contribution in [3.05, 3.63) is 0 Å². The number of nitrogens with zero attached hydrogens (tertiary/aromatic N) is 3. The molecule has 0 rings (SSSR count). The molecule has 25 heavy (non-hydrogen) atoms. The van der Waals surface area contributed by atoms with Crippen molar-refractivity contribution in [2.45, 2.75) is 58.1 Å². The van der Waals surface area contributed by atoms with Crippen LogP contribution in [-0.2, 0) is 10.0 Å². The third-order valence-corrected chi connectivity index (χ3v) is 3.61. The Hall–Kier alpha value is -2.05. The maximum Gasteiger partial charge on any atom is 0.518 e. The summed E-state index contributed by atoms with van der Waals surface area (Å²) in [5.74, 6) is -1.39. The van der Waals surface area contributed by atoms with Crippen molar-refractivity contribution in [2.24, 2.45) is 4.40 Å². The smallest absolute Gasteiger partial charge is 0.465 e. The molecule has 2 amide bonds. The van der Waals surface area contributed by atoms with Gasteiger partial charge in [0.05, 0.1) is 0 Å². The Bertz CT molecular complexity index is 640. The second-order valence-electron chi connectivity index (χ2n) is 6.89. The van der Waals surface area contributed by atoms with E-state index in [0.717, 1.165) is 0 Å². The number of halogens is 3. The van der Waals surface area contributed by atoms with Crippen LogP contribution in [0.25, 0.3) is 0 Å². The highest BCUT2D eigenvalue weighted by atomic mass is 32.2. The van der Waals surface area contributed by atoms with Gasteiger partial charge in [0.15, 0.2) is 0 Å². The van der Waals surface area contributed by atoms with Crippen molar-refractivity contribution in [2.75, 3.05) is 0 Å². The summed E-state index contributed by atoms with van der Waals surface area (Å²) in [6.45, 7) is 7.41. The molecular formula is C12H20F3N3O6S. The van der Waals surface area contributed by atoms with Gasteiger partial charge in [0.2, 0.25) is 5.96 Å². The lowest BCUT2D eigenvalue weighted by atomic mass is 10.0. The van der Waals surface area contributed by atoms with Gasteiger partial charge in [-0.05, 0) is 41.5 Å². The first-order chi connectivity index (χ1) is 10.7. The number of rotatable bonds is 1. The number of carbonyl (C=O) groups is 2. The standard InChI is InChI=1S/C12H20F3N3O6S/c1-10(2,3)17(8(19)20)7(16-25(23,24)12(13,14)15)18(9(21)22)11(4,5)6/h1-6H3,(H,19,20)(H,21,22). The van der Waals surface area contributed by atoms with Gasteiger partial charge in [0, 0.05) is 11.1 Å². The molecule has 0 aromatic rings. The Labute approximate surface area is 142 Å². The second kappa shape index (κ2) is 6.69. The van der Waals surface area contributed by atoms with Gasteiger partial charge in [-0.3, -0.25) is 0 Å². The largest absolute Gasteiger partial charge is 0.518 e. The third-order valence-electron chi connectivity index (χ3n) is 2.62. The van der Waals surface area contributed by atoms with E-state index < -0.39 is 44.8 Å². The van der Waals surface area contributed by atoms with Gasteiger partial charge in [-0.1, -0.05) is 0 Å². The van der Waals surface area contributed by atoms with Gasteiger partial charge in [0.1, 0.15) is 0 Å². The number of sulfonamides is 1. The Morgan fingerprint density at radius 1 is 0.840 bits per heavy atom. The van der Waals surface area contributed by atoms with Crippen LogP contribution in [0.15, 0.2) is 4.40 Å². The number of amides is 2. The van der Waals surface area contributed by atoms with Gasteiger partial charge in [-0.15, -0.1) is 4.40 Å². The molecule has 146 valence electrons. The zero-order valence-corrected chi connectivity index (χ0v) is 15.2. The number of alkyl halides is 3. The van der Waals surface area contributed by atoms with Crippen molar-refractivity contribution in [1.29, 1.82) is 0 Å². The van der Waals surface area contributed by atoms with E-state index in [0.29, 0.717) is 0 Å². The number of hydrogen-bond acceptors (Lipinski definition) is 4. The summed E-state index contributed by atoms with van der Waals surface area (Å²) in [5, 5.41) is 18.6. The minimum atomic E-state index is -6.20. The highest BCUT2D eigenvalue weighted by molar-refractivity contribution is 7.91. The van der Waals surface area contributed by atoms with E-state index in [2.05, 4.69) is 4.40 Å². The SMILES string of the molecule is CC(C)(C)N(C(=O)O)C(=NS(=O)(=O)C(F)(F)F)N(C(=O)O)C(C)(C)C. The van der Waals surface area contributed by atoms with E-state index in [9.17, 15) is 41.4 Å². The molecule has 0 radical (unpaired) electrons.